The number of nitrogens with two attached hydrogens (primary N) is 1. The molecule has 3 fully saturated rings. The van der Waals surface area contributed by atoms with Crippen molar-refractivity contribution in [2.24, 2.45) is 17.1 Å². The molecule has 0 aromatic heterocycles. The van der Waals surface area contributed by atoms with E-state index < -0.39 is 5.54 Å². The minimum absolute atomic E-state index is 0. The summed E-state index contributed by atoms with van der Waals surface area (Å²) in [6, 6.07) is 0. The number of rotatable bonds is 5. The Hall–Kier alpha value is -0.360. The summed E-state index contributed by atoms with van der Waals surface area (Å²) >= 11 is 0. The van der Waals surface area contributed by atoms with Crippen molar-refractivity contribution in [3.05, 3.63) is 0 Å². The van der Waals surface area contributed by atoms with Crippen LogP contribution >= 0.6 is 12.4 Å². The zero-order chi connectivity index (χ0) is 16.5. The van der Waals surface area contributed by atoms with E-state index in [0.717, 1.165) is 32.3 Å². The third kappa shape index (κ3) is 3.33. The molecule has 5 nitrogen and oxygen atoms in total. The molecular formula is C18H33ClN2O3. The van der Waals surface area contributed by atoms with E-state index in [4.69, 9.17) is 15.2 Å². The Bertz CT molecular complexity index is 440. The molecule has 1 aliphatic heterocycles. The number of nitrogens with one attached hydrogen (secondary N) is 1. The minimum Gasteiger partial charge on any atom is -0.377 e. The van der Waals surface area contributed by atoms with Gasteiger partial charge in [-0.3, -0.25) is 4.79 Å². The average Bonchev–Trinajstić information content (AvgIpc) is 2.58. The Morgan fingerprint density at radius 1 is 1.21 bits per heavy atom. The topological polar surface area (TPSA) is 73.6 Å². The van der Waals surface area contributed by atoms with E-state index in [1.807, 2.05) is 0 Å². The van der Waals surface area contributed by atoms with Crippen molar-refractivity contribution in [1.82, 2.24) is 5.32 Å². The van der Waals surface area contributed by atoms with Gasteiger partial charge in [0, 0.05) is 24.5 Å². The Balaban J connectivity index is 0.00000208. The number of halogens is 1. The van der Waals surface area contributed by atoms with Gasteiger partial charge in [-0.15, -0.1) is 12.4 Å². The predicted molar refractivity (Wildman–Crippen MR) is 96.2 cm³/mol. The van der Waals surface area contributed by atoms with Crippen LogP contribution in [0.15, 0.2) is 0 Å². The molecule has 140 valence electrons. The van der Waals surface area contributed by atoms with Crippen LogP contribution in [0.5, 0.6) is 0 Å². The van der Waals surface area contributed by atoms with Gasteiger partial charge in [-0.25, -0.2) is 0 Å². The molecule has 1 saturated heterocycles. The van der Waals surface area contributed by atoms with Gasteiger partial charge < -0.3 is 20.5 Å². The lowest BCUT2D eigenvalue weighted by Crippen LogP contribution is -2.82. The molecule has 1 amide bonds. The highest BCUT2D eigenvalue weighted by atomic mass is 35.5. The summed E-state index contributed by atoms with van der Waals surface area (Å²) in [7, 11) is 0. The standard InChI is InChI=1S/C18H32N2O3.ClH/c1-17(2)15-14(9-6-11-23-15)18(17,19)16(21)20-10-12-22-13-7-4-3-5-8-13;/h13-15H,3-12,19H2,1-2H3,(H,20,21);1H. The Morgan fingerprint density at radius 2 is 1.92 bits per heavy atom. The summed E-state index contributed by atoms with van der Waals surface area (Å²) in [5, 5.41) is 3.01. The number of fused-ring (bicyclic) bond motifs is 1. The van der Waals surface area contributed by atoms with Crippen LogP contribution in [0.25, 0.3) is 0 Å². The maximum atomic E-state index is 12.7. The van der Waals surface area contributed by atoms with Gasteiger partial charge >= 0.3 is 0 Å². The van der Waals surface area contributed by atoms with Crippen molar-refractivity contribution < 1.29 is 14.3 Å². The molecule has 3 rings (SSSR count). The van der Waals surface area contributed by atoms with Gasteiger partial charge in [-0.2, -0.15) is 0 Å². The van der Waals surface area contributed by atoms with Crippen molar-refractivity contribution in [1.29, 1.82) is 0 Å². The van der Waals surface area contributed by atoms with Crippen molar-refractivity contribution >= 4 is 18.3 Å². The van der Waals surface area contributed by atoms with E-state index in [9.17, 15) is 4.79 Å². The fraction of sp³-hybridized carbons (Fsp3) is 0.944. The second kappa shape index (κ2) is 7.90. The molecule has 0 aromatic carbocycles. The SMILES string of the molecule is CC1(C)C2OCCCC2C1(N)C(=O)NCCOC1CCCCC1.Cl. The second-order valence-corrected chi connectivity index (χ2v) is 8.02. The third-order valence-electron chi connectivity index (χ3n) is 6.35. The predicted octanol–water partition coefficient (Wildman–Crippen LogP) is 2.41. The van der Waals surface area contributed by atoms with Crippen LogP contribution in [0.4, 0.5) is 0 Å². The molecule has 2 saturated carbocycles. The number of hydrogen-bond donors (Lipinski definition) is 2. The first-order valence-corrected chi connectivity index (χ1v) is 9.28. The molecule has 3 atom stereocenters. The first-order valence-electron chi connectivity index (χ1n) is 9.28. The van der Waals surface area contributed by atoms with Crippen LogP contribution in [0.1, 0.15) is 58.8 Å². The average molecular weight is 361 g/mol. The fourth-order valence-electron chi connectivity index (χ4n) is 4.81. The van der Waals surface area contributed by atoms with E-state index in [0.29, 0.717) is 19.3 Å². The molecule has 0 radical (unpaired) electrons. The zero-order valence-corrected chi connectivity index (χ0v) is 15.8. The van der Waals surface area contributed by atoms with Gasteiger partial charge in [0.25, 0.3) is 0 Å². The van der Waals surface area contributed by atoms with Gasteiger partial charge in [0.05, 0.1) is 18.8 Å². The van der Waals surface area contributed by atoms with Gasteiger partial charge in [0.2, 0.25) is 5.91 Å². The zero-order valence-electron chi connectivity index (χ0n) is 15.0. The van der Waals surface area contributed by atoms with E-state index in [2.05, 4.69) is 19.2 Å². The van der Waals surface area contributed by atoms with E-state index in [1.54, 1.807) is 0 Å². The van der Waals surface area contributed by atoms with Crippen molar-refractivity contribution in [3.8, 4) is 0 Å². The maximum absolute atomic E-state index is 12.7. The van der Waals surface area contributed by atoms with Crippen LogP contribution in [-0.4, -0.2) is 43.4 Å². The monoisotopic (exact) mass is 360 g/mol. The maximum Gasteiger partial charge on any atom is 0.241 e. The van der Waals surface area contributed by atoms with Gasteiger partial charge in [-0.05, 0) is 25.7 Å². The Kier molecular flexibility index (Phi) is 6.57. The van der Waals surface area contributed by atoms with Gasteiger partial charge in [-0.1, -0.05) is 33.1 Å². The van der Waals surface area contributed by atoms with E-state index in [1.165, 1.54) is 19.3 Å². The molecule has 3 unspecified atom stereocenters. The smallest absolute Gasteiger partial charge is 0.241 e. The molecule has 2 aliphatic carbocycles. The number of carbonyl (C=O) groups is 1. The summed E-state index contributed by atoms with van der Waals surface area (Å²) in [4.78, 5) is 12.7. The first-order chi connectivity index (χ1) is 11.0. The van der Waals surface area contributed by atoms with Gasteiger partial charge in [0.1, 0.15) is 5.54 Å². The molecule has 1 heterocycles. The molecule has 24 heavy (non-hydrogen) atoms. The summed E-state index contributed by atoms with van der Waals surface area (Å²) in [6.07, 6.45) is 8.64. The number of amides is 1. The molecule has 3 N–H and O–H groups in total. The van der Waals surface area contributed by atoms with Crippen LogP contribution in [-0.2, 0) is 14.3 Å². The summed E-state index contributed by atoms with van der Waals surface area (Å²) in [5.74, 6) is 0.104. The van der Waals surface area contributed by atoms with E-state index in [-0.39, 0.29) is 35.8 Å². The summed E-state index contributed by atoms with van der Waals surface area (Å²) in [5.41, 5.74) is 5.44. The Labute approximate surface area is 151 Å². The van der Waals surface area contributed by atoms with Crippen LogP contribution in [0.2, 0.25) is 0 Å². The molecule has 0 bridgehead atoms. The summed E-state index contributed by atoms with van der Waals surface area (Å²) < 4.78 is 11.7. The highest BCUT2D eigenvalue weighted by Gasteiger charge is 2.70. The quantitative estimate of drug-likeness (QED) is 0.738. The van der Waals surface area contributed by atoms with Gasteiger partial charge in [0.15, 0.2) is 0 Å². The lowest BCUT2D eigenvalue weighted by atomic mass is 9.46. The van der Waals surface area contributed by atoms with Crippen LogP contribution in [0, 0.1) is 11.3 Å². The molecule has 3 aliphatic rings. The molecule has 0 spiro atoms. The molecular weight excluding hydrogens is 328 g/mol. The highest BCUT2D eigenvalue weighted by Crippen LogP contribution is 2.57. The molecule has 0 aromatic rings. The number of ether oxygens (including phenoxy) is 2. The lowest BCUT2D eigenvalue weighted by molar-refractivity contribution is -0.225. The van der Waals surface area contributed by atoms with Crippen molar-refractivity contribution in [2.75, 3.05) is 19.8 Å². The van der Waals surface area contributed by atoms with Crippen molar-refractivity contribution in [3.63, 3.8) is 0 Å². The first kappa shape index (κ1) is 20.0. The van der Waals surface area contributed by atoms with Crippen LogP contribution < -0.4 is 11.1 Å². The highest BCUT2D eigenvalue weighted by molar-refractivity contribution is 5.89. The third-order valence-corrected chi connectivity index (χ3v) is 6.35. The van der Waals surface area contributed by atoms with Crippen LogP contribution in [0.3, 0.4) is 0 Å². The number of carbonyl (C=O) groups excluding carboxylic acids is 1. The second-order valence-electron chi connectivity index (χ2n) is 8.02. The normalized spacial score (nSPS) is 35.3. The Morgan fingerprint density at radius 3 is 2.62 bits per heavy atom. The largest absolute Gasteiger partial charge is 0.377 e. The number of hydrogen-bond acceptors (Lipinski definition) is 4. The fourth-order valence-corrected chi connectivity index (χ4v) is 4.81. The lowest BCUT2D eigenvalue weighted by Gasteiger charge is -2.65. The van der Waals surface area contributed by atoms with E-state index >= 15 is 0 Å². The summed E-state index contributed by atoms with van der Waals surface area (Å²) in [6.45, 7) is 6.02. The minimum atomic E-state index is -0.817. The van der Waals surface area contributed by atoms with Crippen molar-refractivity contribution in [2.45, 2.75) is 76.5 Å². The molecule has 6 heteroatoms.